The maximum atomic E-state index is 5.58. The lowest BCUT2D eigenvalue weighted by Crippen LogP contribution is -2.36. The van der Waals surface area contributed by atoms with Gasteiger partial charge in [-0.15, -0.1) is 0 Å². The molecule has 1 atom stereocenters. The highest BCUT2D eigenvalue weighted by Crippen LogP contribution is 2.15. The summed E-state index contributed by atoms with van der Waals surface area (Å²) in [4.78, 5) is 2.27. The second-order valence-corrected chi connectivity index (χ2v) is 6.19. The number of hydrogen-bond acceptors (Lipinski definition) is 4. The average Bonchev–Trinajstić information content (AvgIpc) is 2.73. The molecule has 110 valence electrons. The van der Waals surface area contributed by atoms with Gasteiger partial charge in [-0.25, -0.2) is 0 Å². The summed E-state index contributed by atoms with van der Waals surface area (Å²) in [6.07, 6.45) is 1.77. The van der Waals surface area contributed by atoms with Crippen molar-refractivity contribution in [2.75, 3.05) is 20.8 Å². The van der Waals surface area contributed by atoms with Crippen LogP contribution >= 0.6 is 0 Å². The largest absolute Gasteiger partial charge is 0.468 e. The first-order chi connectivity index (χ1) is 8.83. The van der Waals surface area contributed by atoms with E-state index in [0.29, 0.717) is 6.04 Å². The Morgan fingerprint density at radius 3 is 2.68 bits per heavy atom. The van der Waals surface area contributed by atoms with Crippen LogP contribution < -0.4 is 5.32 Å². The Morgan fingerprint density at radius 2 is 2.11 bits per heavy atom. The second kappa shape index (κ2) is 7.08. The molecule has 0 aliphatic rings. The van der Waals surface area contributed by atoms with Crippen LogP contribution in [0.25, 0.3) is 0 Å². The summed E-state index contributed by atoms with van der Waals surface area (Å²) in [5.74, 6) is 1.02. The highest BCUT2D eigenvalue weighted by Gasteiger charge is 2.15. The quantitative estimate of drug-likeness (QED) is 0.825. The Morgan fingerprint density at radius 1 is 1.42 bits per heavy atom. The van der Waals surface area contributed by atoms with Crippen molar-refractivity contribution in [1.82, 2.24) is 10.2 Å². The van der Waals surface area contributed by atoms with E-state index in [2.05, 4.69) is 51.0 Å². The summed E-state index contributed by atoms with van der Waals surface area (Å²) < 4.78 is 10.8. The number of likely N-dealkylation sites (N-methyl/N-ethyl adjacent to an activating group) is 1. The maximum Gasteiger partial charge on any atom is 0.122 e. The number of methoxy groups -OCH3 is 1. The molecule has 0 radical (unpaired) electrons. The predicted molar refractivity (Wildman–Crippen MR) is 78.1 cm³/mol. The highest BCUT2D eigenvalue weighted by molar-refractivity contribution is 5.17. The average molecular weight is 268 g/mol. The van der Waals surface area contributed by atoms with Crippen molar-refractivity contribution >= 4 is 0 Å². The Hall–Kier alpha value is -0.840. The van der Waals surface area contributed by atoms with E-state index in [4.69, 9.17) is 9.15 Å². The van der Waals surface area contributed by atoms with Crippen LogP contribution in [-0.2, 0) is 17.8 Å². The topological polar surface area (TPSA) is 37.6 Å². The first-order valence-corrected chi connectivity index (χ1v) is 6.83. The van der Waals surface area contributed by atoms with E-state index >= 15 is 0 Å². The summed E-state index contributed by atoms with van der Waals surface area (Å²) in [6, 6.07) is 2.44. The van der Waals surface area contributed by atoms with Crippen molar-refractivity contribution < 1.29 is 9.15 Å². The maximum absolute atomic E-state index is 5.58. The van der Waals surface area contributed by atoms with Gasteiger partial charge in [0.05, 0.1) is 19.4 Å². The minimum absolute atomic E-state index is 0.0965. The Balaban J connectivity index is 2.57. The molecule has 0 fully saturated rings. The Labute approximate surface area is 117 Å². The molecular formula is C15H28N2O2. The molecule has 0 saturated heterocycles. The van der Waals surface area contributed by atoms with E-state index in [-0.39, 0.29) is 5.54 Å². The van der Waals surface area contributed by atoms with Crippen LogP contribution in [0, 0.1) is 0 Å². The van der Waals surface area contributed by atoms with Crippen molar-refractivity contribution in [3.63, 3.8) is 0 Å². The van der Waals surface area contributed by atoms with Gasteiger partial charge in [-0.2, -0.15) is 0 Å². The van der Waals surface area contributed by atoms with Gasteiger partial charge in [0.1, 0.15) is 5.76 Å². The number of ether oxygens (including phenoxy) is 1. The fourth-order valence-corrected chi connectivity index (χ4v) is 1.80. The highest BCUT2D eigenvalue weighted by atomic mass is 16.5. The molecule has 4 heteroatoms. The molecule has 0 saturated carbocycles. The van der Waals surface area contributed by atoms with E-state index in [1.54, 1.807) is 13.4 Å². The normalized spacial score (nSPS) is 14.1. The third-order valence-corrected chi connectivity index (χ3v) is 3.20. The number of furan rings is 1. The zero-order valence-electron chi connectivity index (χ0n) is 13.1. The molecule has 1 rings (SSSR count). The van der Waals surface area contributed by atoms with Crippen molar-refractivity contribution in [2.45, 2.75) is 52.4 Å². The number of nitrogens with zero attached hydrogens (tertiary/aromatic N) is 1. The van der Waals surface area contributed by atoms with Gasteiger partial charge in [0.25, 0.3) is 0 Å². The summed E-state index contributed by atoms with van der Waals surface area (Å²) >= 11 is 0. The molecule has 1 unspecified atom stereocenters. The van der Waals surface area contributed by atoms with Crippen molar-refractivity contribution in [3.8, 4) is 0 Å². The first-order valence-electron chi connectivity index (χ1n) is 6.83. The number of hydrogen-bond donors (Lipinski definition) is 1. The summed E-state index contributed by atoms with van der Waals surface area (Å²) in [5.41, 5.74) is 1.33. The lowest BCUT2D eigenvalue weighted by molar-refractivity contribution is 0.111. The van der Waals surface area contributed by atoms with Gasteiger partial charge in [0, 0.05) is 30.8 Å². The van der Waals surface area contributed by atoms with E-state index < -0.39 is 0 Å². The van der Waals surface area contributed by atoms with Crippen LogP contribution in [0.5, 0.6) is 0 Å². The van der Waals surface area contributed by atoms with Crippen molar-refractivity contribution in [2.24, 2.45) is 0 Å². The zero-order chi connectivity index (χ0) is 14.5. The molecule has 0 aliphatic heterocycles. The molecular weight excluding hydrogens is 240 g/mol. The van der Waals surface area contributed by atoms with Crippen LogP contribution in [0.1, 0.15) is 39.0 Å². The van der Waals surface area contributed by atoms with Gasteiger partial charge in [-0.05, 0) is 40.8 Å². The summed E-state index contributed by atoms with van der Waals surface area (Å²) in [7, 11) is 3.85. The van der Waals surface area contributed by atoms with Crippen LogP contribution in [-0.4, -0.2) is 37.2 Å². The van der Waals surface area contributed by atoms with E-state index in [0.717, 1.165) is 25.5 Å². The molecule has 0 bridgehead atoms. The third-order valence-electron chi connectivity index (χ3n) is 3.20. The van der Waals surface area contributed by atoms with Crippen LogP contribution in [0.3, 0.4) is 0 Å². The molecule has 1 N–H and O–H groups in total. The molecule has 0 aliphatic carbocycles. The van der Waals surface area contributed by atoms with E-state index in [9.17, 15) is 0 Å². The minimum Gasteiger partial charge on any atom is -0.468 e. The monoisotopic (exact) mass is 268 g/mol. The van der Waals surface area contributed by atoms with Gasteiger partial charge in [0.2, 0.25) is 0 Å². The Bertz CT molecular complexity index is 368. The molecule has 1 aromatic heterocycles. The number of rotatable bonds is 7. The zero-order valence-corrected chi connectivity index (χ0v) is 13.1. The van der Waals surface area contributed by atoms with Crippen LogP contribution in [0.15, 0.2) is 16.7 Å². The molecule has 19 heavy (non-hydrogen) atoms. The van der Waals surface area contributed by atoms with Crippen molar-refractivity contribution in [1.29, 1.82) is 0 Å². The van der Waals surface area contributed by atoms with Gasteiger partial charge in [-0.1, -0.05) is 0 Å². The standard InChI is InChI=1S/C15H28N2O2/c1-12(11-18-6)17(5)10-13-7-8-19-14(13)9-16-15(2,3)4/h7-8,12,16H,9-11H2,1-6H3. The lowest BCUT2D eigenvalue weighted by atomic mass is 10.1. The summed E-state index contributed by atoms with van der Waals surface area (Å²) in [5, 5.41) is 3.46. The lowest BCUT2D eigenvalue weighted by Gasteiger charge is -2.24. The van der Waals surface area contributed by atoms with E-state index in [1.807, 2.05) is 0 Å². The SMILES string of the molecule is COCC(C)N(C)Cc1ccoc1CNC(C)(C)C. The van der Waals surface area contributed by atoms with Gasteiger partial charge in [0.15, 0.2) is 0 Å². The van der Waals surface area contributed by atoms with Crippen LogP contribution in [0.4, 0.5) is 0 Å². The molecule has 0 amide bonds. The van der Waals surface area contributed by atoms with Gasteiger partial charge < -0.3 is 14.5 Å². The van der Waals surface area contributed by atoms with Crippen LogP contribution in [0.2, 0.25) is 0 Å². The first kappa shape index (κ1) is 16.2. The van der Waals surface area contributed by atoms with Crippen molar-refractivity contribution in [3.05, 3.63) is 23.7 Å². The second-order valence-electron chi connectivity index (χ2n) is 6.19. The minimum atomic E-state index is 0.0965. The Kier molecular flexibility index (Phi) is 6.04. The molecule has 1 heterocycles. The third kappa shape index (κ3) is 5.76. The fraction of sp³-hybridized carbons (Fsp3) is 0.733. The smallest absolute Gasteiger partial charge is 0.122 e. The molecule has 4 nitrogen and oxygen atoms in total. The molecule has 0 spiro atoms. The number of nitrogens with one attached hydrogen (secondary N) is 1. The molecule has 1 aromatic rings. The predicted octanol–water partition coefficient (Wildman–Crippen LogP) is 2.63. The fourth-order valence-electron chi connectivity index (χ4n) is 1.80. The van der Waals surface area contributed by atoms with Gasteiger partial charge in [-0.3, -0.25) is 4.90 Å². The van der Waals surface area contributed by atoms with Gasteiger partial charge >= 0.3 is 0 Å². The summed E-state index contributed by atoms with van der Waals surface area (Å²) in [6.45, 7) is 11.0. The molecule has 0 aromatic carbocycles. The van der Waals surface area contributed by atoms with E-state index in [1.165, 1.54) is 5.56 Å².